The average molecular weight is 223 g/mol. The second kappa shape index (κ2) is 5.78. The van der Waals surface area contributed by atoms with E-state index in [1.54, 1.807) is 17.4 Å². The van der Waals surface area contributed by atoms with Crippen LogP contribution in [-0.4, -0.2) is 18.7 Å². The van der Waals surface area contributed by atoms with Gasteiger partial charge in [-0.25, -0.2) is 0 Å². The van der Waals surface area contributed by atoms with E-state index in [1.165, 1.54) is 7.11 Å². The van der Waals surface area contributed by atoms with Crippen molar-refractivity contribution in [2.24, 2.45) is 5.16 Å². The summed E-state index contributed by atoms with van der Waals surface area (Å²) >= 11 is 1.54. The minimum atomic E-state index is -0.537. The highest BCUT2D eigenvalue weighted by molar-refractivity contribution is 7.07. The third kappa shape index (κ3) is 3.40. The number of hydrogen-bond acceptors (Lipinski definition) is 5. The van der Waals surface area contributed by atoms with E-state index in [1.807, 2.05) is 16.8 Å². The molecule has 0 atom stereocenters. The van der Waals surface area contributed by atoms with E-state index in [0.717, 1.165) is 5.56 Å². The van der Waals surface area contributed by atoms with Gasteiger partial charge in [0.25, 0.3) is 5.91 Å². The zero-order chi connectivity index (χ0) is 11.1. The summed E-state index contributed by atoms with van der Waals surface area (Å²) in [6.45, 7) is 0.382. The van der Waals surface area contributed by atoms with Crippen LogP contribution in [0.3, 0.4) is 0 Å². The molecular weight excluding hydrogens is 214 g/mol. The molecule has 1 rings (SSSR count). The van der Waals surface area contributed by atoms with Crippen molar-refractivity contribution in [2.45, 2.75) is 6.54 Å². The summed E-state index contributed by atoms with van der Waals surface area (Å²) in [5, 5.41) is 18.2. The van der Waals surface area contributed by atoms with Crippen molar-refractivity contribution in [3.8, 4) is 6.07 Å². The summed E-state index contributed by atoms with van der Waals surface area (Å²) in [6, 6.07) is 3.54. The molecule has 78 valence electrons. The third-order valence-electron chi connectivity index (χ3n) is 1.54. The largest absolute Gasteiger partial charge is 0.398 e. The van der Waals surface area contributed by atoms with E-state index in [2.05, 4.69) is 15.3 Å². The monoisotopic (exact) mass is 223 g/mol. The number of rotatable bonds is 4. The Labute approximate surface area is 91.0 Å². The Morgan fingerprint density at radius 3 is 3.13 bits per heavy atom. The van der Waals surface area contributed by atoms with Crippen LogP contribution >= 0.6 is 11.3 Å². The van der Waals surface area contributed by atoms with Crippen LogP contribution in [0.2, 0.25) is 0 Å². The van der Waals surface area contributed by atoms with Crippen LogP contribution in [0, 0.1) is 11.3 Å². The van der Waals surface area contributed by atoms with Gasteiger partial charge in [-0.3, -0.25) is 4.79 Å². The van der Waals surface area contributed by atoms with Crippen LogP contribution in [0.5, 0.6) is 0 Å². The molecule has 0 fully saturated rings. The second-order valence-corrected chi connectivity index (χ2v) is 3.33. The van der Waals surface area contributed by atoms with Crippen LogP contribution in [0.4, 0.5) is 0 Å². The van der Waals surface area contributed by atoms with E-state index in [9.17, 15) is 4.79 Å². The predicted molar refractivity (Wildman–Crippen MR) is 56.2 cm³/mol. The van der Waals surface area contributed by atoms with Crippen LogP contribution in [0.25, 0.3) is 0 Å². The standard InChI is InChI=1S/C9H9N3O2S/c1-14-12-8(4-10)9(13)11-5-7-2-3-15-6-7/h2-3,6H,5H2,1H3,(H,11,13)/b12-8+. The van der Waals surface area contributed by atoms with Gasteiger partial charge in [0.2, 0.25) is 5.71 Å². The number of carbonyl (C=O) groups excluding carboxylic acids is 1. The molecule has 5 nitrogen and oxygen atoms in total. The molecule has 0 spiro atoms. The Bertz CT molecular complexity index is 392. The first-order valence-electron chi connectivity index (χ1n) is 4.08. The highest BCUT2D eigenvalue weighted by atomic mass is 32.1. The van der Waals surface area contributed by atoms with Crippen LogP contribution in [0.1, 0.15) is 5.56 Å². The second-order valence-electron chi connectivity index (χ2n) is 2.55. The first kappa shape index (κ1) is 11.2. The number of nitrogens with zero attached hydrogens (tertiary/aromatic N) is 2. The fraction of sp³-hybridized carbons (Fsp3) is 0.222. The molecule has 0 saturated carbocycles. The van der Waals surface area contributed by atoms with Gasteiger partial charge in [0.1, 0.15) is 13.2 Å². The molecule has 1 amide bonds. The van der Waals surface area contributed by atoms with Gasteiger partial charge < -0.3 is 10.2 Å². The lowest BCUT2D eigenvalue weighted by Crippen LogP contribution is -2.29. The van der Waals surface area contributed by atoms with Crippen molar-refractivity contribution in [1.82, 2.24) is 5.32 Å². The molecule has 0 aliphatic heterocycles. The lowest BCUT2D eigenvalue weighted by molar-refractivity contribution is -0.115. The Balaban J connectivity index is 2.49. The molecule has 0 saturated heterocycles. The summed E-state index contributed by atoms with van der Waals surface area (Å²) in [7, 11) is 1.28. The zero-order valence-electron chi connectivity index (χ0n) is 8.06. The van der Waals surface area contributed by atoms with Gasteiger partial charge in [0.15, 0.2) is 0 Å². The van der Waals surface area contributed by atoms with Crippen LogP contribution < -0.4 is 5.32 Å². The average Bonchev–Trinajstić information content (AvgIpc) is 2.75. The smallest absolute Gasteiger partial charge is 0.284 e. The molecule has 6 heteroatoms. The van der Waals surface area contributed by atoms with E-state index in [4.69, 9.17) is 5.26 Å². The summed E-state index contributed by atoms with van der Waals surface area (Å²) in [5.74, 6) is -0.537. The molecule has 0 unspecified atom stereocenters. The molecule has 1 N–H and O–H groups in total. The summed E-state index contributed by atoms with van der Waals surface area (Å²) in [4.78, 5) is 15.7. The van der Waals surface area contributed by atoms with Gasteiger partial charge in [-0.2, -0.15) is 16.6 Å². The van der Waals surface area contributed by atoms with Crippen molar-refractivity contribution in [3.05, 3.63) is 22.4 Å². The van der Waals surface area contributed by atoms with Crippen molar-refractivity contribution in [3.63, 3.8) is 0 Å². The maximum atomic E-state index is 11.3. The highest BCUT2D eigenvalue weighted by Gasteiger charge is 2.10. The highest BCUT2D eigenvalue weighted by Crippen LogP contribution is 2.04. The number of nitrogens with one attached hydrogen (secondary N) is 1. The molecule has 0 bridgehead atoms. The molecule has 0 aliphatic carbocycles. The van der Waals surface area contributed by atoms with Crippen molar-refractivity contribution in [1.29, 1.82) is 5.26 Å². The Hall–Kier alpha value is -1.87. The molecular formula is C9H9N3O2S. The van der Waals surface area contributed by atoms with Gasteiger partial charge in [-0.05, 0) is 22.4 Å². The minimum absolute atomic E-state index is 0.285. The number of amides is 1. The lowest BCUT2D eigenvalue weighted by Gasteiger charge is -2.00. The Kier molecular flexibility index (Phi) is 4.31. The molecule has 1 heterocycles. The predicted octanol–water partition coefficient (Wildman–Crippen LogP) is 0.890. The quantitative estimate of drug-likeness (QED) is 0.608. The third-order valence-corrected chi connectivity index (χ3v) is 2.27. The number of carbonyl (C=O) groups is 1. The minimum Gasteiger partial charge on any atom is -0.398 e. The Morgan fingerprint density at radius 1 is 1.80 bits per heavy atom. The first-order valence-corrected chi connectivity index (χ1v) is 5.02. The lowest BCUT2D eigenvalue weighted by atomic mass is 10.3. The molecule has 15 heavy (non-hydrogen) atoms. The number of thiophene rings is 1. The summed E-state index contributed by atoms with van der Waals surface area (Å²) in [6.07, 6.45) is 0. The van der Waals surface area contributed by atoms with E-state index in [0.29, 0.717) is 6.54 Å². The van der Waals surface area contributed by atoms with E-state index < -0.39 is 5.91 Å². The number of nitriles is 1. The van der Waals surface area contributed by atoms with Crippen LogP contribution in [-0.2, 0) is 16.2 Å². The van der Waals surface area contributed by atoms with Gasteiger partial charge in [-0.1, -0.05) is 5.16 Å². The zero-order valence-corrected chi connectivity index (χ0v) is 8.87. The summed E-state index contributed by atoms with van der Waals surface area (Å²) in [5.41, 5.74) is 0.704. The molecule has 1 aromatic rings. The SMILES string of the molecule is CO/N=C(\C#N)C(=O)NCc1ccsc1. The fourth-order valence-electron chi connectivity index (χ4n) is 0.863. The van der Waals surface area contributed by atoms with Crippen molar-refractivity contribution < 1.29 is 9.63 Å². The first-order chi connectivity index (χ1) is 7.27. The molecule has 0 aromatic carbocycles. The van der Waals surface area contributed by atoms with Crippen molar-refractivity contribution >= 4 is 23.0 Å². The molecule has 0 aliphatic rings. The van der Waals surface area contributed by atoms with Gasteiger partial charge in [0, 0.05) is 6.54 Å². The van der Waals surface area contributed by atoms with Gasteiger partial charge in [0.05, 0.1) is 0 Å². The van der Waals surface area contributed by atoms with Crippen LogP contribution in [0.15, 0.2) is 22.0 Å². The maximum Gasteiger partial charge on any atom is 0.284 e. The Morgan fingerprint density at radius 2 is 2.60 bits per heavy atom. The van der Waals surface area contributed by atoms with Crippen molar-refractivity contribution in [2.75, 3.05) is 7.11 Å². The van der Waals surface area contributed by atoms with Gasteiger partial charge >= 0.3 is 0 Å². The maximum absolute atomic E-state index is 11.3. The van der Waals surface area contributed by atoms with E-state index in [-0.39, 0.29) is 5.71 Å². The number of hydrogen-bond donors (Lipinski definition) is 1. The molecule has 0 radical (unpaired) electrons. The number of oxime groups is 1. The normalized spacial score (nSPS) is 10.5. The summed E-state index contributed by atoms with van der Waals surface area (Å²) < 4.78 is 0. The van der Waals surface area contributed by atoms with E-state index >= 15 is 0 Å². The van der Waals surface area contributed by atoms with Gasteiger partial charge in [-0.15, -0.1) is 0 Å². The topological polar surface area (TPSA) is 74.5 Å². The molecule has 1 aromatic heterocycles. The fourth-order valence-corrected chi connectivity index (χ4v) is 1.53.